The summed E-state index contributed by atoms with van der Waals surface area (Å²) >= 11 is 0. The van der Waals surface area contributed by atoms with E-state index in [1.807, 2.05) is 0 Å². The van der Waals surface area contributed by atoms with Crippen molar-refractivity contribution in [1.82, 2.24) is 0 Å². The molecule has 1 saturated heterocycles. The highest BCUT2D eigenvalue weighted by atomic mass is 16.7. The summed E-state index contributed by atoms with van der Waals surface area (Å²) in [4.78, 5) is 38.2. The second-order valence-electron chi connectivity index (χ2n) is 7.89. The van der Waals surface area contributed by atoms with Crippen molar-refractivity contribution in [2.45, 2.75) is 31.0 Å². The first kappa shape index (κ1) is 22.8. The standard InChI is InChI=1S/C27H24O8/c1-27(35-25(30)20-15-9-4-10-16-20)22(34-24(29)19-13-7-3-8-14-19)21(33-26(27)31)17-32-23(28)18-11-5-2-6-12-18/h2-16,21-22,26,31H,17H2,1H3/t21-,22-,26?,27-/m1/s1/i1D. The van der Waals surface area contributed by atoms with Gasteiger partial charge >= 0.3 is 17.9 Å². The Morgan fingerprint density at radius 3 is 1.83 bits per heavy atom. The molecule has 1 aliphatic heterocycles. The van der Waals surface area contributed by atoms with E-state index in [0.717, 1.165) is 0 Å². The van der Waals surface area contributed by atoms with E-state index in [-0.39, 0.29) is 16.7 Å². The van der Waals surface area contributed by atoms with Gasteiger partial charge in [0.2, 0.25) is 0 Å². The van der Waals surface area contributed by atoms with Gasteiger partial charge in [-0.05, 0) is 43.3 Å². The maximum absolute atomic E-state index is 12.9. The Morgan fingerprint density at radius 2 is 1.31 bits per heavy atom. The number of benzene rings is 3. The third-order valence-corrected chi connectivity index (χ3v) is 5.46. The molecule has 0 radical (unpaired) electrons. The minimum absolute atomic E-state index is 0.171. The number of aliphatic hydroxyl groups is 1. The van der Waals surface area contributed by atoms with Crippen LogP contribution in [-0.4, -0.2) is 53.7 Å². The van der Waals surface area contributed by atoms with Gasteiger partial charge in [-0.1, -0.05) is 54.6 Å². The van der Waals surface area contributed by atoms with E-state index in [4.69, 9.17) is 20.3 Å². The van der Waals surface area contributed by atoms with Crippen molar-refractivity contribution in [3.63, 3.8) is 0 Å². The van der Waals surface area contributed by atoms with Gasteiger partial charge in [0.25, 0.3) is 0 Å². The van der Waals surface area contributed by atoms with E-state index in [2.05, 4.69) is 0 Å². The van der Waals surface area contributed by atoms with Crippen molar-refractivity contribution in [3.05, 3.63) is 108 Å². The van der Waals surface area contributed by atoms with Crippen molar-refractivity contribution in [1.29, 1.82) is 0 Å². The first-order valence-corrected chi connectivity index (χ1v) is 10.8. The van der Waals surface area contributed by atoms with Gasteiger partial charge in [0.05, 0.1) is 16.7 Å². The average molecular weight is 477 g/mol. The number of hydrogen-bond donors (Lipinski definition) is 1. The van der Waals surface area contributed by atoms with Crippen LogP contribution in [0.25, 0.3) is 0 Å². The van der Waals surface area contributed by atoms with Crippen LogP contribution in [0.15, 0.2) is 91.0 Å². The molecule has 0 saturated carbocycles. The minimum atomic E-state index is -2.07. The zero-order chi connectivity index (χ0) is 25.5. The molecule has 0 aliphatic carbocycles. The van der Waals surface area contributed by atoms with Gasteiger partial charge in [-0.15, -0.1) is 0 Å². The number of rotatable bonds is 7. The predicted octanol–water partition coefficient (Wildman–Crippen LogP) is 3.40. The van der Waals surface area contributed by atoms with E-state index >= 15 is 0 Å². The van der Waals surface area contributed by atoms with Crippen LogP contribution in [0.2, 0.25) is 0 Å². The van der Waals surface area contributed by atoms with Crippen LogP contribution >= 0.6 is 0 Å². The molecule has 8 heteroatoms. The highest BCUT2D eigenvalue weighted by Gasteiger charge is 2.59. The van der Waals surface area contributed by atoms with Crippen molar-refractivity contribution in [2.75, 3.05) is 6.61 Å². The quantitative estimate of drug-likeness (QED) is 0.408. The van der Waals surface area contributed by atoms with Crippen LogP contribution in [0.5, 0.6) is 0 Å². The highest BCUT2D eigenvalue weighted by Crippen LogP contribution is 2.37. The molecule has 1 aliphatic rings. The molecule has 0 bridgehead atoms. The summed E-state index contributed by atoms with van der Waals surface area (Å²) in [7, 11) is 0. The zero-order valence-electron chi connectivity index (χ0n) is 19.6. The lowest BCUT2D eigenvalue weighted by atomic mass is 9.96. The normalized spacial score (nSPS) is 23.7. The SMILES string of the molecule is [2H]C[C@]1(OC(=O)c2ccccc2)C(O)O[C@H](COC(=O)c2ccccc2)[C@H]1OC(=O)c1ccccc1. The topological polar surface area (TPSA) is 108 Å². The fraction of sp³-hybridized carbons (Fsp3) is 0.222. The van der Waals surface area contributed by atoms with E-state index in [9.17, 15) is 19.5 Å². The van der Waals surface area contributed by atoms with E-state index < -0.39 is 55.5 Å². The number of hydrogen-bond acceptors (Lipinski definition) is 8. The van der Waals surface area contributed by atoms with Crippen molar-refractivity contribution in [2.24, 2.45) is 0 Å². The molecule has 0 aromatic heterocycles. The van der Waals surface area contributed by atoms with Crippen molar-refractivity contribution >= 4 is 17.9 Å². The van der Waals surface area contributed by atoms with Gasteiger partial charge in [-0.25, -0.2) is 14.4 Å². The largest absolute Gasteiger partial charge is 0.459 e. The number of carbonyl (C=O) groups excluding carboxylic acids is 3. The summed E-state index contributed by atoms with van der Waals surface area (Å²) < 4.78 is 30.3. The molecular formula is C27H24O8. The van der Waals surface area contributed by atoms with Gasteiger partial charge in [0, 0.05) is 1.37 Å². The number of carbonyl (C=O) groups is 3. The Bertz CT molecular complexity index is 1190. The molecule has 1 heterocycles. The van der Waals surface area contributed by atoms with Crippen LogP contribution in [0.3, 0.4) is 0 Å². The Kier molecular flexibility index (Phi) is 6.83. The number of esters is 3. The fourth-order valence-electron chi connectivity index (χ4n) is 3.60. The first-order valence-electron chi connectivity index (χ1n) is 11.5. The van der Waals surface area contributed by atoms with Crippen LogP contribution in [-0.2, 0) is 18.9 Å². The Labute approximate surface area is 203 Å². The van der Waals surface area contributed by atoms with Gasteiger partial charge in [0.15, 0.2) is 18.0 Å². The summed E-state index contributed by atoms with van der Waals surface area (Å²) in [5.74, 6) is -2.29. The molecule has 3 aromatic rings. The summed E-state index contributed by atoms with van der Waals surface area (Å²) in [6, 6.07) is 24.3. The molecule has 4 atom stereocenters. The summed E-state index contributed by atoms with van der Waals surface area (Å²) in [5, 5.41) is 10.8. The smallest absolute Gasteiger partial charge is 0.338 e. The number of aliphatic hydroxyl groups excluding tert-OH is 1. The highest BCUT2D eigenvalue weighted by molar-refractivity contribution is 5.91. The lowest BCUT2D eigenvalue weighted by Gasteiger charge is -2.32. The third-order valence-electron chi connectivity index (χ3n) is 5.46. The molecule has 4 rings (SSSR count). The van der Waals surface area contributed by atoms with Gasteiger partial charge in [-0.3, -0.25) is 0 Å². The van der Waals surface area contributed by atoms with Gasteiger partial charge in [0.1, 0.15) is 12.7 Å². The predicted molar refractivity (Wildman–Crippen MR) is 124 cm³/mol. The van der Waals surface area contributed by atoms with Crippen LogP contribution in [0.4, 0.5) is 0 Å². The molecule has 1 fully saturated rings. The lowest BCUT2D eigenvalue weighted by Crippen LogP contribution is -2.52. The van der Waals surface area contributed by atoms with Crippen molar-refractivity contribution < 1.29 is 39.8 Å². The molecule has 0 spiro atoms. The molecule has 3 aromatic carbocycles. The number of ether oxygens (including phenoxy) is 4. The first-order chi connectivity index (χ1) is 17.4. The monoisotopic (exact) mass is 477 g/mol. The van der Waals surface area contributed by atoms with E-state index in [1.54, 1.807) is 66.7 Å². The third kappa shape index (κ3) is 5.40. The van der Waals surface area contributed by atoms with E-state index in [1.165, 1.54) is 24.3 Å². The molecule has 180 valence electrons. The van der Waals surface area contributed by atoms with Gasteiger partial charge in [-0.2, -0.15) is 0 Å². The molecule has 1 N–H and O–H groups in total. The second kappa shape index (κ2) is 10.5. The average Bonchev–Trinajstić information content (AvgIpc) is 3.18. The molecule has 8 nitrogen and oxygen atoms in total. The summed E-state index contributed by atoms with van der Waals surface area (Å²) in [6.07, 6.45) is -4.49. The van der Waals surface area contributed by atoms with Crippen LogP contribution < -0.4 is 0 Å². The Hall–Kier alpha value is -4.01. The molecule has 35 heavy (non-hydrogen) atoms. The van der Waals surface area contributed by atoms with Crippen molar-refractivity contribution in [3.8, 4) is 0 Å². The molecular weight excluding hydrogens is 452 g/mol. The minimum Gasteiger partial charge on any atom is -0.459 e. The lowest BCUT2D eigenvalue weighted by molar-refractivity contribution is -0.172. The maximum Gasteiger partial charge on any atom is 0.338 e. The Balaban J connectivity index is 1.60. The van der Waals surface area contributed by atoms with Crippen LogP contribution in [0, 0.1) is 0 Å². The zero-order valence-corrected chi connectivity index (χ0v) is 18.6. The summed E-state index contributed by atoms with van der Waals surface area (Å²) in [5.41, 5.74) is -1.41. The summed E-state index contributed by atoms with van der Waals surface area (Å²) in [6.45, 7) is -1.12. The maximum atomic E-state index is 12.9. The second-order valence-corrected chi connectivity index (χ2v) is 7.89. The Morgan fingerprint density at radius 1 is 0.829 bits per heavy atom. The molecule has 1 unspecified atom stereocenters. The fourth-order valence-corrected chi connectivity index (χ4v) is 3.60. The molecule has 0 amide bonds. The van der Waals surface area contributed by atoms with Crippen LogP contribution in [0.1, 0.15) is 39.3 Å². The van der Waals surface area contributed by atoms with E-state index in [0.29, 0.717) is 0 Å². The van der Waals surface area contributed by atoms with Gasteiger partial charge < -0.3 is 24.1 Å².